The van der Waals surface area contributed by atoms with Crippen LogP contribution in [0.25, 0.3) is 11.2 Å². The molecule has 0 amide bonds. The van der Waals surface area contributed by atoms with Crippen LogP contribution < -0.4 is 25.8 Å². The summed E-state index contributed by atoms with van der Waals surface area (Å²) in [7, 11) is 3.20. The molecule has 1 unspecified atom stereocenters. The summed E-state index contributed by atoms with van der Waals surface area (Å²) in [5.41, 5.74) is 0.557. The Morgan fingerprint density at radius 2 is 1.85 bits per heavy atom. The summed E-state index contributed by atoms with van der Waals surface area (Å²) in [4.78, 5) is 36.2. The van der Waals surface area contributed by atoms with Gasteiger partial charge in [-0.25, -0.2) is 4.79 Å². The molecule has 11 nitrogen and oxygen atoms in total. The van der Waals surface area contributed by atoms with Crippen molar-refractivity contribution in [1.29, 1.82) is 0 Å². The molecular weight excluding hydrogens is 440 g/mol. The molecule has 3 heterocycles. The summed E-state index contributed by atoms with van der Waals surface area (Å²) in [6.07, 6.45) is 0.737. The smallest absolute Gasteiger partial charge is 0.329 e. The Morgan fingerprint density at radius 1 is 1.18 bits per heavy atom. The highest BCUT2D eigenvalue weighted by Gasteiger charge is 2.26. The van der Waals surface area contributed by atoms with E-state index >= 15 is 0 Å². The second kappa shape index (κ2) is 10.1. The molecule has 0 spiro atoms. The molecule has 0 saturated carbocycles. The molecule has 1 atom stereocenters. The fourth-order valence-electron chi connectivity index (χ4n) is 4.15. The number of aryl methyl sites for hydroxylation is 1. The Bertz CT molecular complexity index is 1250. The first kappa shape index (κ1) is 23.6. The number of piperazine rings is 1. The molecule has 1 saturated heterocycles. The van der Waals surface area contributed by atoms with E-state index in [1.54, 1.807) is 24.8 Å². The number of rotatable bonds is 9. The van der Waals surface area contributed by atoms with Gasteiger partial charge in [0.1, 0.15) is 5.75 Å². The normalized spacial score (nSPS) is 15.0. The highest BCUT2D eigenvalue weighted by Crippen LogP contribution is 2.24. The molecule has 0 radical (unpaired) electrons. The predicted octanol–water partition coefficient (Wildman–Crippen LogP) is 0.322. The standard InChI is InChI=1S/C23H30N6O5/c1-4-13-34-15-17(30)14-29-19-20(26(2)23(32)25-21(19)31)24-22(29)28-11-9-27(10-12-28)16-5-7-18(33-3)8-6-16/h4-8,17,30H,1,9-15H2,2-3H3,(H,25,31,32). The highest BCUT2D eigenvalue weighted by atomic mass is 16.5. The summed E-state index contributed by atoms with van der Waals surface area (Å²) in [5.74, 6) is 1.35. The molecule has 0 aliphatic carbocycles. The minimum Gasteiger partial charge on any atom is -0.497 e. The number of anilines is 2. The number of benzene rings is 1. The number of aromatic nitrogens is 4. The van der Waals surface area contributed by atoms with Crippen molar-refractivity contribution in [2.75, 3.05) is 56.3 Å². The molecule has 34 heavy (non-hydrogen) atoms. The third-order valence-electron chi connectivity index (χ3n) is 5.93. The van der Waals surface area contributed by atoms with Gasteiger partial charge in [-0.2, -0.15) is 4.98 Å². The van der Waals surface area contributed by atoms with Crippen molar-refractivity contribution in [2.24, 2.45) is 7.05 Å². The zero-order valence-corrected chi connectivity index (χ0v) is 19.4. The summed E-state index contributed by atoms with van der Waals surface area (Å²) >= 11 is 0. The van der Waals surface area contributed by atoms with E-state index in [0.717, 1.165) is 24.5 Å². The first-order chi connectivity index (χ1) is 16.4. The average molecular weight is 471 g/mol. The predicted molar refractivity (Wildman–Crippen MR) is 130 cm³/mol. The lowest BCUT2D eigenvalue weighted by Crippen LogP contribution is -2.47. The van der Waals surface area contributed by atoms with Crippen LogP contribution in [-0.4, -0.2) is 76.8 Å². The topological polar surface area (TPSA) is 118 Å². The van der Waals surface area contributed by atoms with Crippen LogP contribution in [-0.2, 0) is 18.3 Å². The average Bonchev–Trinajstić information content (AvgIpc) is 3.22. The number of aliphatic hydroxyl groups excluding tert-OH is 1. The van der Waals surface area contributed by atoms with Gasteiger partial charge in [-0.1, -0.05) is 6.08 Å². The quantitative estimate of drug-likeness (QED) is 0.339. The van der Waals surface area contributed by atoms with Gasteiger partial charge in [-0.3, -0.25) is 14.3 Å². The molecule has 11 heteroatoms. The summed E-state index contributed by atoms with van der Waals surface area (Å²) in [6.45, 7) is 6.90. The summed E-state index contributed by atoms with van der Waals surface area (Å²) in [5, 5.41) is 10.6. The van der Waals surface area contributed by atoms with E-state index in [4.69, 9.17) is 9.47 Å². The van der Waals surface area contributed by atoms with Crippen molar-refractivity contribution in [3.63, 3.8) is 0 Å². The van der Waals surface area contributed by atoms with Crippen molar-refractivity contribution >= 4 is 22.8 Å². The highest BCUT2D eigenvalue weighted by molar-refractivity contribution is 5.74. The molecular formula is C23H30N6O5. The second-order valence-corrected chi connectivity index (χ2v) is 8.16. The number of imidazole rings is 1. The van der Waals surface area contributed by atoms with E-state index in [2.05, 4.69) is 26.3 Å². The van der Waals surface area contributed by atoms with Gasteiger partial charge in [0.25, 0.3) is 5.56 Å². The maximum Gasteiger partial charge on any atom is 0.329 e. The van der Waals surface area contributed by atoms with Crippen molar-refractivity contribution < 1.29 is 14.6 Å². The minimum atomic E-state index is -0.867. The SMILES string of the molecule is C=CCOCC(O)Cn1c(N2CCN(c3ccc(OC)cc3)CC2)nc2c1c(=O)[nH]c(=O)n2C. The Kier molecular flexibility index (Phi) is 7.03. The molecule has 1 aromatic carbocycles. The van der Waals surface area contributed by atoms with Crippen LogP contribution >= 0.6 is 0 Å². The molecule has 4 rings (SSSR count). The zero-order valence-electron chi connectivity index (χ0n) is 19.4. The molecule has 182 valence electrons. The number of nitrogens with one attached hydrogen (secondary N) is 1. The molecule has 1 aliphatic heterocycles. The van der Waals surface area contributed by atoms with E-state index in [1.165, 1.54) is 4.57 Å². The van der Waals surface area contributed by atoms with Gasteiger partial charge in [0.05, 0.1) is 33.0 Å². The lowest BCUT2D eigenvalue weighted by Gasteiger charge is -2.37. The van der Waals surface area contributed by atoms with Gasteiger partial charge in [0.15, 0.2) is 11.2 Å². The Labute approximate surface area is 196 Å². The third kappa shape index (κ3) is 4.70. The van der Waals surface area contributed by atoms with Gasteiger partial charge < -0.3 is 28.9 Å². The van der Waals surface area contributed by atoms with Crippen LogP contribution in [0, 0.1) is 0 Å². The zero-order chi connectivity index (χ0) is 24.2. The van der Waals surface area contributed by atoms with Crippen molar-refractivity contribution in [2.45, 2.75) is 12.6 Å². The monoisotopic (exact) mass is 470 g/mol. The van der Waals surface area contributed by atoms with E-state index in [9.17, 15) is 14.7 Å². The van der Waals surface area contributed by atoms with Crippen LogP contribution in [0.5, 0.6) is 5.75 Å². The summed E-state index contributed by atoms with van der Waals surface area (Å²) < 4.78 is 13.6. The third-order valence-corrected chi connectivity index (χ3v) is 5.93. The van der Waals surface area contributed by atoms with E-state index in [0.29, 0.717) is 25.6 Å². The van der Waals surface area contributed by atoms with Crippen LogP contribution in [0.4, 0.5) is 11.6 Å². The Balaban J connectivity index is 1.61. The molecule has 1 fully saturated rings. The van der Waals surface area contributed by atoms with Crippen LogP contribution in [0.1, 0.15) is 0 Å². The largest absolute Gasteiger partial charge is 0.497 e. The molecule has 3 aromatic rings. The number of H-pyrrole nitrogens is 1. The lowest BCUT2D eigenvalue weighted by atomic mass is 10.2. The Hall–Kier alpha value is -3.57. The van der Waals surface area contributed by atoms with Crippen LogP contribution in [0.15, 0.2) is 46.5 Å². The first-order valence-electron chi connectivity index (χ1n) is 11.1. The Morgan fingerprint density at radius 3 is 2.50 bits per heavy atom. The number of methoxy groups -OCH3 is 1. The van der Waals surface area contributed by atoms with Gasteiger partial charge in [-0.05, 0) is 24.3 Å². The number of nitrogens with zero attached hydrogens (tertiary/aromatic N) is 5. The van der Waals surface area contributed by atoms with E-state index in [-0.39, 0.29) is 24.3 Å². The van der Waals surface area contributed by atoms with Gasteiger partial charge >= 0.3 is 5.69 Å². The minimum absolute atomic E-state index is 0.0834. The summed E-state index contributed by atoms with van der Waals surface area (Å²) in [6, 6.07) is 7.92. The van der Waals surface area contributed by atoms with Crippen LogP contribution in [0.3, 0.4) is 0 Å². The van der Waals surface area contributed by atoms with Gasteiger partial charge in [-0.15, -0.1) is 6.58 Å². The first-order valence-corrected chi connectivity index (χ1v) is 11.1. The number of hydrogen-bond acceptors (Lipinski definition) is 8. The van der Waals surface area contributed by atoms with Crippen molar-refractivity contribution in [3.8, 4) is 5.75 Å². The molecule has 2 N–H and O–H groups in total. The van der Waals surface area contributed by atoms with Crippen LogP contribution in [0.2, 0.25) is 0 Å². The van der Waals surface area contributed by atoms with E-state index < -0.39 is 17.4 Å². The fourth-order valence-corrected chi connectivity index (χ4v) is 4.15. The molecule has 2 aromatic heterocycles. The fraction of sp³-hybridized carbons (Fsp3) is 0.435. The lowest BCUT2D eigenvalue weighted by molar-refractivity contribution is 0.0404. The van der Waals surface area contributed by atoms with E-state index in [1.807, 2.05) is 24.3 Å². The van der Waals surface area contributed by atoms with Gasteiger partial charge in [0, 0.05) is 38.9 Å². The number of aliphatic hydroxyl groups is 1. The number of fused-ring (bicyclic) bond motifs is 1. The molecule has 0 bridgehead atoms. The maximum atomic E-state index is 12.7. The number of ether oxygens (including phenoxy) is 2. The number of hydrogen-bond donors (Lipinski definition) is 2. The van der Waals surface area contributed by atoms with Crippen molar-refractivity contribution in [3.05, 3.63) is 57.8 Å². The van der Waals surface area contributed by atoms with Gasteiger partial charge in [0.2, 0.25) is 5.95 Å². The maximum absolute atomic E-state index is 12.7. The molecule has 1 aliphatic rings. The van der Waals surface area contributed by atoms with Crippen molar-refractivity contribution in [1.82, 2.24) is 19.1 Å². The number of aromatic amines is 1. The second-order valence-electron chi connectivity index (χ2n) is 8.16.